The van der Waals surface area contributed by atoms with Gasteiger partial charge < -0.3 is 4.57 Å². The molecule has 0 unspecified atom stereocenters. The van der Waals surface area contributed by atoms with E-state index in [9.17, 15) is 0 Å². The first-order valence-electron chi connectivity index (χ1n) is 10.6. The second-order valence-corrected chi connectivity index (χ2v) is 8.11. The molecule has 2 aromatic heterocycles. The molecule has 0 saturated carbocycles. The van der Waals surface area contributed by atoms with Crippen molar-refractivity contribution in [2.75, 3.05) is 0 Å². The van der Waals surface area contributed by atoms with Gasteiger partial charge in [0.05, 0.1) is 17.4 Å². The second-order valence-electron chi connectivity index (χ2n) is 8.11. The molecule has 2 heterocycles. The predicted molar refractivity (Wildman–Crippen MR) is 124 cm³/mol. The van der Waals surface area contributed by atoms with Crippen LogP contribution >= 0.6 is 0 Å². The maximum absolute atomic E-state index is 4.91. The van der Waals surface area contributed by atoms with E-state index < -0.39 is 0 Å². The van der Waals surface area contributed by atoms with Gasteiger partial charge in [0.2, 0.25) is 0 Å². The molecule has 0 atom stereocenters. The number of fused-ring (bicyclic) bond motifs is 1. The van der Waals surface area contributed by atoms with Gasteiger partial charge in [0, 0.05) is 23.7 Å². The summed E-state index contributed by atoms with van der Waals surface area (Å²) in [6.07, 6.45) is 6.29. The summed E-state index contributed by atoms with van der Waals surface area (Å²) in [7, 11) is 0. The molecule has 0 radical (unpaired) electrons. The van der Waals surface area contributed by atoms with Crippen molar-refractivity contribution in [1.82, 2.24) is 9.55 Å². The summed E-state index contributed by atoms with van der Waals surface area (Å²) in [5, 5.41) is 1.25. The Morgan fingerprint density at radius 2 is 1.52 bits per heavy atom. The zero-order valence-electron chi connectivity index (χ0n) is 18.2. The summed E-state index contributed by atoms with van der Waals surface area (Å²) in [5.41, 5.74) is 11.8. The standard InChI is InChI=1S/C27H30N2/c1-6-21-9-8-10-22(7-2)27(21)25-15-23-11-12-29(26(23)16-28-25)17-24-19(4)13-18(3)14-20(24)5/h8-16H,6-7,17H2,1-5H3. The molecule has 2 nitrogen and oxygen atoms in total. The van der Waals surface area contributed by atoms with Crippen molar-refractivity contribution in [3.8, 4) is 11.3 Å². The van der Waals surface area contributed by atoms with E-state index in [0.717, 1.165) is 25.1 Å². The highest BCUT2D eigenvalue weighted by Gasteiger charge is 2.13. The fourth-order valence-electron chi connectivity index (χ4n) is 4.56. The number of benzene rings is 2. The van der Waals surface area contributed by atoms with Gasteiger partial charge in [-0.3, -0.25) is 4.98 Å². The van der Waals surface area contributed by atoms with Crippen LogP contribution in [0.25, 0.3) is 22.2 Å². The van der Waals surface area contributed by atoms with Gasteiger partial charge in [-0.05, 0) is 73.6 Å². The number of hydrogen-bond donors (Lipinski definition) is 0. The first-order valence-corrected chi connectivity index (χ1v) is 10.6. The molecule has 4 rings (SSSR count). The minimum absolute atomic E-state index is 0.883. The Morgan fingerprint density at radius 1 is 0.862 bits per heavy atom. The van der Waals surface area contributed by atoms with E-state index in [1.807, 2.05) is 0 Å². The number of pyridine rings is 1. The molecule has 0 amide bonds. The van der Waals surface area contributed by atoms with Gasteiger partial charge in [-0.2, -0.15) is 0 Å². The second kappa shape index (κ2) is 7.87. The molecule has 0 spiro atoms. The Morgan fingerprint density at radius 3 is 2.14 bits per heavy atom. The van der Waals surface area contributed by atoms with Gasteiger partial charge in [0.1, 0.15) is 0 Å². The lowest BCUT2D eigenvalue weighted by Gasteiger charge is -2.14. The molecule has 29 heavy (non-hydrogen) atoms. The first kappa shape index (κ1) is 19.4. The van der Waals surface area contributed by atoms with Crippen LogP contribution in [0.15, 0.2) is 54.9 Å². The zero-order valence-corrected chi connectivity index (χ0v) is 18.2. The molecule has 2 heteroatoms. The van der Waals surface area contributed by atoms with E-state index >= 15 is 0 Å². The van der Waals surface area contributed by atoms with Crippen LogP contribution in [-0.2, 0) is 19.4 Å². The van der Waals surface area contributed by atoms with Gasteiger partial charge in [-0.1, -0.05) is 49.7 Å². The highest BCUT2D eigenvalue weighted by molar-refractivity contribution is 5.84. The van der Waals surface area contributed by atoms with Gasteiger partial charge in [-0.15, -0.1) is 0 Å². The van der Waals surface area contributed by atoms with Crippen molar-refractivity contribution in [2.45, 2.75) is 54.0 Å². The molecular formula is C27H30N2. The van der Waals surface area contributed by atoms with Crippen molar-refractivity contribution in [1.29, 1.82) is 0 Å². The lowest BCUT2D eigenvalue weighted by molar-refractivity contribution is 0.821. The van der Waals surface area contributed by atoms with Crippen LogP contribution in [0.1, 0.15) is 47.2 Å². The predicted octanol–water partition coefficient (Wildman–Crippen LogP) is 6.80. The summed E-state index contributed by atoms with van der Waals surface area (Å²) >= 11 is 0. The lowest BCUT2D eigenvalue weighted by Crippen LogP contribution is -2.03. The van der Waals surface area contributed by atoms with Gasteiger partial charge >= 0.3 is 0 Å². The Balaban J connectivity index is 1.77. The van der Waals surface area contributed by atoms with Crippen LogP contribution in [0.4, 0.5) is 0 Å². The Kier molecular flexibility index (Phi) is 5.27. The molecule has 148 valence electrons. The third-order valence-electron chi connectivity index (χ3n) is 6.08. The van der Waals surface area contributed by atoms with Crippen molar-refractivity contribution >= 4 is 10.9 Å². The monoisotopic (exact) mass is 382 g/mol. The summed E-state index contributed by atoms with van der Waals surface area (Å²) < 4.78 is 2.32. The fourth-order valence-corrected chi connectivity index (χ4v) is 4.56. The molecule has 2 aromatic carbocycles. The van der Waals surface area contributed by atoms with Gasteiger partial charge in [0.25, 0.3) is 0 Å². The van der Waals surface area contributed by atoms with Gasteiger partial charge in [0.15, 0.2) is 0 Å². The number of aryl methyl sites for hydroxylation is 5. The number of nitrogens with zero attached hydrogens (tertiary/aromatic N) is 2. The highest BCUT2D eigenvalue weighted by Crippen LogP contribution is 2.30. The van der Waals surface area contributed by atoms with E-state index in [4.69, 9.17) is 4.98 Å². The van der Waals surface area contributed by atoms with Crippen molar-refractivity contribution in [3.63, 3.8) is 0 Å². The van der Waals surface area contributed by atoms with E-state index in [2.05, 4.69) is 94.0 Å². The largest absolute Gasteiger partial charge is 0.342 e. The zero-order chi connectivity index (χ0) is 20.5. The Hall–Kier alpha value is -2.87. The third kappa shape index (κ3) is 3.60. The lowest BCUT2D eigenvalue weighted by atomic mass is 9.94. The quantitative estimate of drug-likeness (QED) is 0.371. The molecular weight excluding hydrogens is 352 g/mol. The maximum Gasteiger partial charge on any atom is 0.0715 e. The van der Waals surface area contributed by atoms with Gasteiger partial charge in [-0.25, -0.2) is 0 Å². The van der Waals surface area contributed by atoms with Crippen LogP contribution in [-0.4, -0.2) is 9.55 Å². The molecule has 0 N–H and O–H groups in total. The van der Waals surface area contributed by atoms with Crippen LogP contribution in [0.2, 0.25) is 0 Å². The average molecular weight is 383 g/mol. The van der Waals surface area contributed by atoms with Crippen LogP contribution in [0.5, 0.6) is 0 Å². The molecule has 0 aliphatic heterocycles. The number of hydrogen-bond acceptors (Lipinski definition) is 1. The first-order chi connectivity index (χ1) is 14.0. The van der Waals surface area contributed by atoms with Crippen LogP contribution < -0.4 is 0 Å². The third-order valence-corrected chi connectivity index (χ3v) is 6.08. The summed E-state index contributed by atoms with van der Waals surface area (Å²) in [4.78, 5) is 4.91. The van der Waals surface area contributed by atoms with E-state index in [1.165, 1.54) is 49.8 Å². The van der Waals surface area contributed by atoms with Crippen molar-refractivity contribution < 1.29 is 0 Å². The molecule has 0 aliphatic carbocycles. The molecule has 0 bridgehead atoms. The molecule has 0 saturated heterocycles. The summed E-state index contributed by atoms with van der Waals surface area (Å²) in [6.45, 7) is 11.9. The number of rotatable bonds is 5. The minimum Gasteiger partial charge on any atom is -0.342 e. The van der Waals surface area contributed by atoms with Crippen LogP contribution in [0, 0.1) is 20.8 Å². The van der Waals surface area contributed by atoms with E-state index in [1.54, 1.807) is 0 Å². The molecule has 0 fully saturated rings. The molecule has 4 aromatic rings. The maximum atomic E-state index is 4.91. The minimum atomic E-state index is 0.883. The number of aromatic nitrogens is 2. The van der Waals surface area contributed by atoms with E-state index in [-0.39, 0.29) is 0 Å². The smallest absolute Gasteiger partial charge is 0.0715 e. The topological polar surface area (TPSA) is 17.8 Å². The van der Waals surface area contributed by atoms with Crippen molar-refractivity contribution in [3.05, 3.63) is 88.2 Å². The normalized spacial score (nSPS) is 11.3. The fraction of sp³-hybridized carbons (Fsp3) is 0.296. The Bertz CT molecular complexity index is 1140. The average Bonchev–Trinajstić information content (AvgIpc) is 3.11. The van der Waals surface area contributed by atoms with Crippen LogP contribution in [0.3, 0.4) is 0 Å². The van der Waals surface area contributed by atoms with Crippen molar-refractivity contribution in [2.24, 2.45) is 0 Å². The summed E-state index contributed by atoms with van der Waals surface area (Å²) in [6, 6.07) is 15.7. The molecule has 0 aliphatic rings. The summed E-state index contributed by atoms with van der Waals surface area (Å²) in [5.74, 6) is 0. The SMILES string of the molecule is CCc1cccc(CC)c1-c1cc2ccn(Cc3c(C)cc(C)cc3C)c2cn1. The van der Waals surface area contributed by atoms with E-state index in [0.29, 0.717) is 0 Å². The highest BCUT2D eigenvalue weighted by atomic mass is 15.0. The Labute approximate surface area is 174 Å².